The molecule has 0 aliphatic carbocycles. The van der Waals surface area contributed by atoms with Gasteiger partial charge in [0.2, 0.25) is 11.8 Å². The van der Waals surface area contributed by atoms with Crippen molar-refractivity contribution in [1.82, 2.24) is 10.6 Å². The summed E-state index contributed by atoms with van der Waals surface area (Å²) in [6.07, 6.45) is -1.98. The summed E-state index contributed by atoms with van der Waals surface area (Å²) < 4.78 is 21.9. The first-order valence-electron chi connectivity index (χ1n) is 12.0. The number of amides is 4. The molecule has 12 heteroatoms. The van der Waals surface area contributed by atoms with Crippen molar-refractivity contribution < 1.29 is 38.1 Å². The first kappa shape index (κ1) is 26.6. The molecule has 38 heavy (non-hydrogen) atoms. The topological polar surface area (TPSA) is 136 Å². The molecule has 2 atom stereocenters. The van der Waals surface area contributed by atoms with Crippen molar-refractivity contribution in [2.45, 2.75) is 26.1 Å². The van der Waals surface area contributed by atoms with E-state index in [0.29, 0.717) is 22.9 Å². The minimum atomic E-state index is -0.522. The second-order valence-electron chi connectivity index (χ2n) is 8.88. The Bertz CT molecular complexity index is 1150. The number of rotatable bonds is 9. The van der Waals surface area contributed by atoms with Crippen LogP contribution in [0.15, 0.2) is 36.4 Å². The van der Waals surface area contributed by atoms with Crippen LogP contribution in [0.2, 0.25) is 0 Å². The largest absolute Gasteiger partial charge is 0.495 e. The Morgan fingerprint density at radius 3 is 1.53 bits per heavy atom. The molecule has 0 saturated carbocycles. The number of anilines is 2. The number of benzene rings is 2. The third kappa shape index (κ3) is 5.74. The Kier molecular flexibility index (Phi) is 7.89. The van der Waals surface area contributed by atoms with E-state index in [-0.39, 0.29) is 38.0 Å². The van der Waals surface area contributed by atoms with E-state index in [1.807, 2.05) is 12.1 Å². The van der Waals surface area contributed by atoms with E-state index in [1.165, 1.54) is 37.9 Å². The van der Waals surface area contributed by atoms with E-state index < -0.39 is 24.4 Å². The molecular weight excluding hydrogens is 496 g/mol. The van der Waals surface area contributed by atoms with Gasteiger partial charge in [0.05, 0.1) is 51.8 Å². The summed E-state index contributed by atoms with van der Waals surface area (Å²) in [6, 6.07) is 10.8. The highest BCUT2D eigenvalue weighted by molar-refractivity contribution is 5.94. The summed E-state index contributed by atoms with van der Waals surface area (Å²) >= 11 is 0. The quantitative estimate of drug-likeness (QED) is 0.508. The van der Waals surface area contributed by atoms with Crippen LogP contribution in [-0.2, 0) is 19.1 Å². The summed E-state index contributed by atoms with van der Waals surface area (Å²) in [7, 11) is 3.03. The number of carbonyl (C=O) groups excluding carboxylic acids is 4. The standard InChI is InChI=1S/C26H30N4O8/c1-15(31)27-11-19-13-29(25(33)37-19)21-7-5-17(9-23(21)35-3)18-6-8-22(24(10-18)36-4)30-14-20(38-26(30)34)12-28-16(2)32/h5-10,19-20H,11-14H2,1-4H3,(H,27,31)(H,28,32)/t19-,20-/m0/s1. The lowest BCUT2D eigenvalue weighted by atomic mass is 10.0. The number of nitrogens with one attached hydrogen (secondary N) is 2. The molecule has 2 fully saturated rings. The molecule has 0 bridgehead atoms. The fourth-order valence-electron chi connectivity index (χ4n) is 4.32. The molecule has 202 valence electrons. The van der Waals surface area contributed by atoms with E-state index in [4.69, 9.17) is 18.9 Å². The minimum Gasteiger partial charge on any atom is -0.495 e. The molecule has 0 aromatic heterocycles. The lowest BCUT2D eigenvalue weighted by Gasteiger charge is -2.19. The summed E-state index contributed by atoms with van der Waals surface area (Å²) in [4.78, 5) is 50.3. The predicted molar refractivity (Wildman–Crippen MR) is 138 cm³/mol. The molecule has 2 aliphatic heterocycles. The van der Waals surface area contributed by atoms with Gasteiger partial charge in [0, 0.05) is 13.8 Å². The van der Waals surface area contributed by atoms with Crippen LogP contribution in [0.1, 0.15) is 13.8 Å². The van der Waals surface area contributed by atoms with Gasteiger partial charge in [0.15, 0.2) is 0 Å². The fraction of sp³-hybridized carbons (Fsp3) is 0.385. The molecule has 2 heterocycles. The van der Waals surface area contributed by atoms with Gasteiger partial charge in [-0.05, 0) is 35.4 Å². The average molecular weight is 527 g/mol. The van der Waals surface area contributed by atoms with Gasteiger partial charge in [-0.15, -0.1) is 0 Å². The van der Waals surface area contributed by atoms with E-state index in [1.54, 1.807) is 24.3 Å². The summed E-state index contributed by atoms with van der Waals surface area (Å²) in [5.74, 6) is 0.529. The molecule has 4 rings (SSSR count). The second-order valence-corrected chi connectivity index (χ2v) is 8.88. The van der Waals surface area contributed by atoms with Crippen molar-refractivity contribution in [3.05, 3.63) is 36.4 Å². The van der Waals surface area contributed by atoms with Crippen molar-refractivity contribution in [2.24, 2.45) is 0 Å². The number of cyclic esters (lactones) is 2. The Morgan fingerprint density at radius 2 is 1.18 bits per heavy atom. The van der Waals surface area contributed by atoms with E-state index in [2.05, 4.69) is 10.6 Å². The summed E-state index contributed by atoms with van der Waals surface area (Å²) in [5.41, 5.74) is 2.68. The number of carbonyl (C=O) groups is 4. The lowest BCUT2D eigenvalue weighted by molar-refractivity contribution is -0.120. The van der Waals surface area contributed by atoms with E-state index in [9.17, 15) is 19.2 Å². The monoisotopic (exact) mass is 526 g/mol. The molecule has 2 aromatic rings. The highest BCUT2D eigenvalue weighted by Gasteiger charge is 2.35. The zero-order valence-electron chi connectivity index (χ0n) is 21.6. The minimum absolute atomic E-state index is 0.200. The Labute approximate surface area is 219 Å². The highest BCUT2D eigenvalue weighted by atomic mass is 16.6. The second kappa shape index (κ2) is 11.3. The van der Waals surface area contributed by atoms with Crippen LogP contribution >= 0.6 is 0 Å². The van der Waals surface area contributed by atoms with Crippen molar-refractivity contribution >= 4 is 35.4 Å². The Balaban J connectivity index is 1.54. The fourth-order valence-corrected chi connectivity index (χ4v) is 4.32. The maximum atomic E-state index is 12.5. The van der Waals surface area contributed by atoms with Gasteiger partial charge in [0.1, 0.15) is 23.7 Å². The van der Waals surface area contributed by atoms with Gasteiger partial charge in [-0.25, -0.2) is 9.59 Å². The van der Waals surface area contributed by atoms with Crippen LogP contribution in [0.5, 0.6) is 11.5 Å². The number of hydrogen-bond acceptors (Lipinski definition) is 8. The van der Waals surface area contributed by atoms with Gasteiger partial charge < -0.3 is 29.6 Å². The smallest absolute Gasteiger partial charge is 0.414 e. The van der Waals surface area contributed by atoms with Crippen molar-refractivity contribution in [3.8, 4) is 22.6 Å². The zero-order valence-corrected chi connectivity index (χ0v) is 21.6. The average Bonchev–Trinajstić information content (AvgIpc) is 3.46. The molecule has 0 unspecified atom stereocenters. The van der Waals surface area contributed by atoms with Crippen molar-refractivity contribution in [2.75, 3.05) is 50.2 Å². The SMILES string of the molecule is COc1cc(-c2ccc(N3C[C@H](CNC(C)=O)OC3=O)c(OC)c2)ccc1N1C[C@H](CNC(C)=O)OC1=O. The van der Waals surface area contributed by atoms with Crippen LogP contribution < -0.4 is 29.9 Å². The molecular formula is C26H30N4O8. The maximum Gasteiger partial charge on any atom is 0.414 e. The first-order valence-corrected chi connectivity index (χ1v) is 12.0. The molecule has 0 spiro atoms. The number of methoxy groups -OCH3 is 2. The van der Waals surface area contributed by atoms with Crippen LogP contribution in [-0.4, -0.2) is 76.6 Å². The van der Waals surface area contributed by atoms with Crippen LogP contribution in [0.3, 0.4) is 0 Å². The molecule has 2 aromatic carbocycles. The normalized spacial score (nSPS) is 18.6. The Morgan fingerprint density at radius 1 is 0.789 bits per heavy atom. The maximum absolute atomic E-state index is 12.5. The molecule has 2 saturated heterocycles. The third-order valence-corrected chi connectivity index (χ3v) is 6.18. The van der Waals surface area contributed by atoms with Crippen LogP contribution in [0.25, 0.3) is 11.1 Å². The van der Waals surface area contributed by atoms with Crippen molar-refractivity contribution in [1.29, 1.82) is 0 Å². The van der Waals surface area contributed by atoms with E-state index >= 15 is 0 Å². The molecule has 4 amide bonds. The predicted octanol–water partition coefficient (Wildman–Crippen LogP) is 2.29. The number of hydrogen-bond donors (Lipinski definition) is 2. The molecule has 2 aliphatic rings. The lowest BCUT2D eigenvalue weighted by Crippen LogP contribution is -2.33. The Hall–Kier alpha value is -4.48. The van der Waals surface area contributed by atoms with Gasteiger partial charge in [-0.2, -0.15) is 0 Å². The van der Waals surface area contributed by atoms with Gasteiger partial charge >= 0.3 is 12.2 Å². The zero-order chi connectivity index (χ0) is 27.4. The summed E-state index contributed by atoms with van der Waals surface area (Å²) in [6.45, 7) is 3.79. The summed E-state index contributed by atoms with van der Waals surface area (Å²) in [5, 5.41) is 5.31. The number of ether oxygens (including phenoxy) is 4. The van der Waals surface area contributed by atoms with Gasteiger partial charge in [-0.1, -0.05) is 12.1 Å². The van der Waals surface area contributed by atoms with Crippen molar-refractivity contribution in [3.63, 3.8) is 0 Å². The van der Waals surface area contributed by atoms with Crippen LogP contribution in [0, 0.1) is 0 Å². The van der Waals surface area contributed by atoms with Gasteiger partial charge in [-0.3, -0.25) is 19.4 Å². The molecule has 0 radical (unpaired) electrons. The number of nitrogens with zero attached hydrogens (tertiary/aromatic N) is 2. The molecule has 2 N–H and O–H groups in total. The van der Waals surface area contributed by atoms with E-state index in [0.717, 1.165) is 11.1 Å². The third-order valence-electron chi connectivity index (χ3n) is 6.18. The van der Waals surface area contributed by atoms with Crippen LogP contribution in [0.4, 0.5) is 21.0 Å². The highest BCUT2D eigenvalue weighted by Crippen LogP contribution is 2.39. The first-order chi connectivity index (χ1) is 18.2. The van der Waals surface area contributed by atoms with Gasteiger partial charge in [0.25, 0.3) is 0 Å². The molecule has 12 nitrogen and oxygen atoms in total.